The van der Waals surface area contributed by atoms with E-state index < -0.39 is 0 Å². The van der Waals surface area contributed by atoms with Gasteiger partial charge in [-0.2, -0.15) is 5.10 Å². The number of rotatable bonds is 5. The molecule has 0 aromatic carbocycles. The molecule has 0 radical (unpaired) electrons. The molecule has 0 aliphatic carbocycles. The van der Waals surface area contributed by atoms with Crippen LogP contribution in [0.4, 0.5) is 0 Å². The second-order valence-corrected chi connectivity index (χ2v) is 4.93. The Labute approximate surface area is 113 Å². The smallest absolute Gasteiger partial charge is 0.251 e. The van der Waals surface area contributed by atoms with Gasteiger partial charge in [-0.05, 0) is 37.5 Å². The van der Waals surface area contributed by atoms with E-state index in [9.17, 15) is 4.79 Å². The molecule has 19 heavy (non-hydrogen) atoms. The minimum Gasteiger partial charge on any atom is -0.309 e. The Morgan fingerprint density at radius 2 is 1.95 bits per heavy atom. The van der Waals surface area contributed by atoms with E-state index in [0.29, 0.717) is 12.6 Å². The van der Waals surface area contributed by atoms with E-state index in [0.717, 1.165) is 24.1 Å². The van der Waals surface area contributed by atoms with Gasteiger partial charge in [0.25, 0.3) is 5.56 Å². The first-order chi connectivity index (χ1) is 9.13. The number of aromatic nitrogens is 3. The van der Waals surface area contributed by atoms with Gasteiger partial charge in [0.15, 0.2) is 0 Å². The summed E-state index contributed by atoms with van der Waals surface area (Å²) in [6.45, 7) is 6.79. The van der Waals surface area contributed by atoms with E-state index in [1.165, 1.54) is 0 Å². The third-order valence-corrected chi connectivity index (χ3v) is 3.46. The Bertz CT molecular complexity index is 593. The number of aryl methyl sites for hydroxylation is 1. The van der Waals surface area contributed by atoms with Gasteiger partial charge in [-0.15, -0.1) is 0 Å². The second kappa shape index (κ2) is 5.87. The minimum atomic E-state index is 0.0251. The van der Waals surface area contributed by atoms with Gasteiger partial charge in [0, 0.05) is 18.5 Å². The Morgan fingerprint density at radius 1 is 1.21 bits per heavy atom. The molecule has 0 aliphatic rings. The lowest BCUT2D eigenvalue weighted by Gasteiger charge is -2.12. The van der Waals surface area contributed by atoms with Crippen LogP contribution >= 0.6 is 0 Å². The summed E-state index contributed by atoms with van der Waals surface area (Å²) in [6.07, 6.45) is 5.98. The number of hydrogen-bond acceptors (Lipinski definition) is 2. The molecule has 0 N–H and O–H groups in total. The first kappa shape index (κ1) is 13.6. The fourth-order valence-electron chi connectivity index (χ4n) is 2.24. The molecule has 4 heteroatoms. The van der Waals surface area contributed by atoms with Crippen LogP contribution in [0.15, 0.2) is 35.4 Å². The van der Waals surface area contributed by atoms with Crippen molar-refractivity contribution in [1.82, 2.24) is 14.3 Å². The quantitative estimate of drug-likeness (QED) is 0.828. The van der Waals surface area contributed by atoms with E-state index in [2.05, 4.69) is 18.9 Å². The van der Waals surface area contributed by atoms with Crippen molar-refractivity contribution in [1.29, 1.82) is 0 Å². The number of pyridine rings is 1. The third-order valence-electron chi connectivity index (χ3n) is 3.46. The van der Waals surface area contributed by atoms with Gasteiger partial charge >= 0.3 is 0 Å². The van der Waals surface area contributed by atoms with Crippen molar-refractivity contribution in [2.45, 2.75) is 46.2 Å². The van der Waals surface area contributed by atoms with Gasteiger partial charge < -0.3 is 4.57 Å². The lowest BCUT2D eigenvalue weighted by Crippen LogP contribution is -2.19. The maximum absolute atomic E-state index is 11.8. The van der Waals surface area contributed by atoms with Crippen molar-refractivity contribution >= 4 is 0 Å². The van der Waals surface area contributed by atoms with Gasteiger partial charge in [-0.1, -0.05) is 13.8 Å². The van der Waals surface area contributed by atoms with Crippen LogP contribution in [0.25, 0.3) is 0 Å². The summed E-state index contributed by atoms with van der Waals surface area (Å²) < 4.78 is 3.70. The van der Waals surface area contributed by atoms with E-state index in [1.54, 1.807) is 10.6 Å². The van der Waals surface area contributed by atoms with Gasteiger partial charge in [0.2, 0.25) is 0 Å². The van der Waals surface area contributed by atoms with E-state index in [4.69, 9.17) is 0 Å². The highest BCUT2D eigenvalue weighted by atomic mass is 16.1. The maximum atomic E-state index is 11.8. The Morgan fingerprint density at radius 3 is 2.58 bits per heavy atom. The summed E-state index contributed by atoms with van der Waals surface area (Å²) in [5.41, 5.74) is 1.94. The fraction of sp³-hybridized carbons (Fsp3) is 0.467. The van der Waals surface area contributed by atoms with Gasteiger partial charge in [0.05, 0.1) is 18.3 Å². The van der Waals surface area contributed by atoms with Crippen molar-refractivity contribution in [3.8, 4) is 0 Å². The van der Waals surface area contributed by atoms with E-state index in [1.807, 2.05) is 36.1 Å². The molecule has 102 valence electrons. The van der Waals surface area contributed by atoms with E-state index in [-0.39, 0.29) is 5.56 Å². The normalized spacial score (nSPS) is 11.2. The number of hydrogen-bond donors (Lipinski definition) is 0. The molecule has 2 aromatic heterocycles. The molecule has 0 atom stereocenters. The average Bonchev–Trinajstić information content (AvgIpc) is 2.83. The van der Waals surface area contributed by atoms with Gasteiger partial charge in [-0.25, -0.2) is 0 Å². The SMILES string of the molecule is CCC(CC)n1ccc(Cn2ccc(C)cc2=O)n1. The molecule has 0 saturated heterocycles. The lowest BCUT2D eigenvalue weighted by molar-refractivity contribution is 0.424. The summed E-state index contributed by atoms with van der Waals surface area (Å²) in [5, 5.41) is 4.57. The molecule has 0 fully saturated rings. The summed E-state index contributed by atoms with van der Waals surface area (Å²) in [6, 6.07) is 6.03. The molecule has 0 aliphatic heterocycles. The molecule has 2 heterocycles. The largest absolute Gasteiger partial charge is 0.309 e. The highest BCUT2D eigenvalue weighted by Crippen LogP contribution is 2.14. The van der Waals surface area contributed by atoms with Crippen LogP contribution in [-0.4, -0.2) is 14.3 Å². The van der Waals surface area contributed by atoms with Crippen LogP contribution in [0, 0.1) is 6.92 Å². The highest BCUT2D eigenvalue weighted by Gasteiger charge is 2.08. The van der Waals surface area contributed by atoms with Gasteiger partial charge in [0.1, 0.15) is 0 Å². The molecule has 0 saturated carbocycles. The minimum absolute atomic E-state index is 0.0251. The van der Waals surface area contributed by atoms with Crippen LogP contribution in [0.2, 0.25) is 0 Å². The predicted octanol–water partition coefficient (Wildman–Crippen LogP) is 2.76. The molecular weight excluding hydrogens is 238 g/mol. The van der Waals surface area contributed by atoms with E-state index >= 15 is 0 Å². The first-order valence-electron chi connectivity index (χ1n) is 6.85. The van der Waals surface area contributed by atoms with Crippen LogP contribution in [0.5, 0.6) is 0 Å². The summed E-state index contributed by atoms with van der Waals surface area (Å²) in [7, 11) is 0. The fourth-order valence-corrected chi connectivity index (χ4v) is 2.24. The van der Waals surface area contributed by atoms with Crippen molar-refractivity contribution in [3.05, 3.63) is 52.2 Å². The third kappa shape index (κ3) is 3.13. The summed E-state index contributed by atoms with van der Waals surface area (Å²) in [4.78, 5) is 11.8. The van der Waals surface area contributed by atoms with Crippen molar-refractivity contribution in [2.75, 3.05) is 0 Å². The zero-order valence-corrected chi connectivity index (χ0v) is 11.8. The molecule has 0 spiro atoms. The Kier molecular flexibility index (Phi) is 4.20. The molecular formula is C15H21N3O. The second-order valence-electron chi connectivity index (χ2n) is 4.93. The summed E-state index contributed by atoms with van der Waals surface area (Å²) >= 11 is 0. The molecule has 2 aromatic rings. The standard InChI is InChI=1S/C15H21N3O/c1-4-14(5-2)18-9-7-13(16-18)11-17-8-6-12(3)10-15(17)19/h6-10,14H,4-5,11H2,1-3H3. The van der Waals surface area contributed by atoms with Crippen LogP contribution in [0.3, 0.4) is 0 Å². The number of nitrogens with zero attached hydrogens (tertiary/aromatic N) is 3. The van der Waals surface area contributed by atoms with Crippen molar-refractivity contribution < 1.29 is 0 Å². The van der Waals surface area contributed by atoms with Crippen LogP contribution in [-0.2, 0) is 6.54 Å². The molecule has 0 bridgehead atoms. The molecule has 2 rings (SSSR count). The lowest BCUT2D eigenvalue weighted by atomic mass is 10.2. The molecule has 0 amide bonds. The predicted molar refractivity (Wildman–Crippen MR) is 76.4 cm³/mol. The van der Waals surface area contributed by atoms with Crippen molar-refractivity contribution in [3.63, 3.8) is 0 Å². The zero-order valence-electron chi connectivity index (χ0n) is 11.8. The Hall–Kier alpha value is -1.84. The average molecular weight is 259 g/mol. The highest BCUT2D eigenvalue weighted by molar-refractivity contribution is 5.10. The maximum Gasteiger partial charge on any atom is 0.251 e. The first-order valence-corrected chi connectivity index (χ1v) is 6.85. The monoisotopic (exact) mass is 259 g/mol. The zero-order chi connectivity index (χ0) is 13.8. The van der Waals surface area contributed by atoms with Crippen LogP contribution in [0.1, 0.15) is 44.0 Å². The van der Waals surface area contributed by atoms with Gasteiger partial charge in [-0.3, -0.25) is 9.48 Å². The topological polar surface area (TPSA) is 39.8 Å². The molecule has 4 nitrogen and oxygen atoms in total. The van der Waals surface area contributed by atoms with Crippen molar-refractivity contribution in [2.24, 2.45) is 0 Å². The molecule has 0 unspecified atom stereocenters. The van der Waals surface area contributed by atoms with Crippen LogP contribution < -0.4 is 5.56 Å². The summed E-state index contributed by atoms with van der Waals surface area (Å²) in [5.74, 6) is 0. The Balaban J connectivity index is 2.18.